The van der Waals surface area contributed by atoms with Crippen molar-refractivity contribution >= 4 is 17.4 Å². The quantitative estimate of drug-likeness (QED) is 0.806. The van der Waals surface area contributed by atoms with E-state index in [4.69, 9.17) is 11.6 Å². The Morgan fingerprint density at radius 1 is 1.42 bits per heavy atom. The Morgan fingerprint density at radius 2 is 2.16 bits per heavy atom. The monoisotopic (exact) mass is 280 g/mol. The minimum atomic E-state index is -0.588. The van der Waals surface area contributed by atoms with Gasteiger partial charge in [0.2, 0.25) is 0 Å². The number of rotatable bonds is 4. The van der Waals surface area contributed by atoms with Gasteiger partial charge in [0.1, 0.15) is 5.82 Å². The zero-order valence-corrected chi connectivity index (χ0v) is 11.5. The van der Waals surface area contributed by atoms with Crippen molar-refractivity contribution in [3.05, 3.63) is 52.1 Å². The largest absolute Gasteiger partial charge is 0.294 e. The van der Waals surface area contributed by atoms with E-state index < -0.39 is 5.82 Å². The van der Waals surface area contributed by atoms with Gasteiger partial charge in [0.15, 0.2) is 5.78 Å². The molecule has 3 nitrogen and oxygen atoms in total. The van der Waals surface area contributed by atoms with E-state index in [1.807, 2.05) is 13.0 Å². The predicted octanol–water partition coefficient (Wildman–Crippen LogP) is 3.20. The summed E-state index contributed by atoms with van der Waals surface area (Å²) < 4.78 is 15.3. The molecule has 0 aliphatic rings. The van der Waals surface area contributed by atoms with Crippen LogP contribution in [0.25, 0.3) is 0 Å². The summed E-state index contributed by atoms with van der Waals surface area (Å²) in [7, 11) is 1.78. The number of carbonyl (C=O) groups is 1. The molecule has 0 unspecified atom stereocenters. The molecule has 0 fully saturated rings. The molecule has 0 saturated heterocycles. The lowest BCUT2D eigenvalue weighted by molar-refractivity contribution is 0.0987. The Balaban J connectivity index is 2.23. The van der Waals surface area contributed by atoms with Crippen molar-refractivity contribution < 1.29 is 9.18 Å². The first-order chi connectivity index (χ1) is 9.01. The van der Waals surface area contributed by atoms with E-state index in [0.717, 1.165) is 23.9 Å². The van der Waals surface area contributed by atoms with E-state index in [9.17, 15) is 9.18 Å². The minimum Gasteiger partial charge on any atom is -0.294 e. The highest BCUT2D eigenvalue weighted by Crippen LogP contribution is 2.17. The summed E-state index contributed by atoms with van der Waals surface area (Å²) in [6, 6.07) is 5.94. The first-order valence-corrected chi connectivity index (χ1v) is 6.39. The molecule has 0 N–H and O–H groups in total. The standard InChI is InChI=1S/C14H14ClFN2O/c1-3-10-7-11(18(2)17-10)8-14(19)12-5-4-9(15)6-13(12)16/h4-7H,3,8H2,1-2H3. The molecule has 1 aromatic heterocycles. The smallest absolute Gasteiger partial charge is 0.171 e. The summed E-state index contributed by atoms with van der Waals surface area (Å²) in [5.41, 5.74) is 1.75. The van der Waals surface area contributed by atoms with Crippen molar-refractivity contribution in [3.63, 3.8) is 0 Å². The fourth-order valence-corrected chi connectivity index (χ4v) is 2.04. The Hall–Kier alpha value is -1.68. The molecule has 100 valence electrons. The summed E-state index contributed by atoms with van der Waals surface area (Å²) in [6.07, 6.45) is 0.930. The van der Waals surface area contributed by atoms with Crippen molar-refractivity contribution in [2.24, 2.45) is 7.05 Å². The summed E-state index contributed by atoms with van der Waals surface area (Å²) in [4.78, 5) is 12.1. The number of hydrogen-bond acceptors (Lipinski definition) is 2. The van der Waals surface area contributed by atoms with Gasteiger partial charge >= 0.3 is 0 Å². The number of carbonyl (C=O) groups excluding carboxylic acids is 1. The summed E-state index contributed by atoms with van der Waals surface area (Å²) in [5, 5.41) is 4.54. The van der Waals surface area contributed by atoms with E-state index in [-0.39, 0.29) is 22.8 Å². The molecule has 0 spiro atoms. The third-order valence-corrected chi connectivity index (χ3v) is 3.20. The highest BCUT2D eigenvalue weighted by atomic mass is 35.5. The number of Topliss-reactive ketones (excluding diaryl/α,β-unsaturated/α-hetero) is 1. The van der Waals surface area contributed by atoms with Crippen LogP contribution >= 0.6 is 11.6 Å². The average Bonchev–Trinajstić information content (AvgIpc) is 2.70. The van der Waals surface area contributed by atoms with Gasteiger partial charge in [-0.3, -0.25) is 9.48 Å². The van der Waals surface area contributed by atoms with Crippen LogP contribution in [0.2, 0.25) is 5.02 Å². The highest BCUT2D eigenvalue weighted by Gasteiger charge is 2.15. The van der Waals surface area contributed by atoms with Gasteiger partial charge in [-0.2, -0.15) is 5.10 Å². The Bertz CT molecular complexity index is 622. The average molecular weight is 281 g/mol. The molecule has 5 heteroatoms. The van der Waals surface area contributed by atoms with E-state index in [0.29, 0.717) is 0 Å². The molecule has 0 aliphatic heterocycles. The molecule has 0 amide bonds. The molecule has 19 heavy (non-hydrogen) atoms. The normalized spacial score (nSPS) is 10.7. The van der Waals surface area contributed by atoms with Crippen LogP contribution in [0.15, 0.2) is 24.3 Å². The maximum Gasteiger partial charge on any atom is 0.171 e. The zero-order valence-electron chi connectivity index (χ0n) is 10.8. The SMILES string of the molecule is CCc1cc(CC(=O)c2ccc(Cl)cc2F)n(C)n1. The molecule has 0 saturated carbocycles. The molecule has 0 aliphatic carbocycles. The Labute approximate surface area is 116 Å². The zero-order chi connectivity index (χ0) is 14.0. The van der Waals surface area contributed by atoms with Gasteiger partial charge in [-0.25, -0.2) is 4.39 Å². The summed E-state index contributed by atoms with van der Waals surface area (Å²) in [5.74, 6) is -0.866. The maximum absolute atomic E-state index is 13.6. The van der Waals surface area contributed by atoms with Gasteiger partial charge in [-0.1, -0.05) is 18.5 Å². The highest BCUT2D eigenvalue weighted by molar-refractivity contribution is 6.30. The third kappa shape index (κ3) is 3.01. The number of hydrogen-bond donors (Lipinski definition) is 0. The van der Waals surface area contributed by atoms with E-state index >= 15 is 0 Å². The Morgan fingerprint density at radius 3 is 2.74 bits per heavy atom. The first-order valence-electron chi connectivity index (χ1n) is 6.01. The van der Waals surface area contributed by atoms with Crippen molar-refractivity contribution in [2.75, 3.05) is 0 Å². The van der Waals surface area contributed by atoms with Crippen LogP contribution in [0.1, 0.15) is 28.7 Å². The number of halogens is 2. The second kappa shape index (κ2) is 5.53. The predicted molar refractivity (Wildman–Crippen MR) is 72.0 cm³/mol. The van der Waals surface area contributed by atoms with Crippen LogP contribution in [0.4, 0.5) is 4.39 Å². The van der Waals surface area contributed by atoms with Gasteiger partial charge in [-0.15, -0.1) is 0 Å². The molecule has 0 radical (unpaired) electrons. The molecular weight excluding hydrogens is 267 g/mol. The number of nitrogens with zero attached hydrogens (tertiary/aromatic N) is 2. The molecule has 2 rings (SSSR count). The second-order valence-electron chi connectivity index (χ2n) is 4.33. The molecule has 1 aromatic carbocycles. The van der Waals surface area contributed by atoms with Gasteiger partial charge < -0.3 is 0 Å². The summed E-state index contributed by atoms with van der Waals surface area (Å²) in [6.45, 7) is 1.99. The lowest BCUT2D eigenvalue weighted by atomic mass is 10.1. The maximum atomic E-state index is 13.6. The van der Waals surface area contributed by atoms with Crippen LogP contribution in [-0.4, -0.2) is 15.6 Å². The molecule has 0 atom stereocenters. The molecule has 1 heterocycles. The Kier molecular flexibility index (Phi) is 4.00. The van der Waals surface area contributed by atoms with Crippen LogP contribution < -0.4 is 0 Å². The fourth-order valence-electron chi connectivity index (χ4n) is 1.89. The van der Waals surface area contributed by atoms with Gasteiger partial charge in [0.25, 0.3) is 0 Å². The van der Waals surface area contributed by atoms with Crippen LogP contribution in [-0.2, 0) is 19.9 Å². The summed E-state index contributed by atoms with van der Waals surface area (Å²) >= 11 is 5.66. The second-order valence-corrected chi connectivity index (χ2v) is 4.76. The number of ketones is 1. The lowest BCUT2D eigenvalue weighted by Gasteiger charge is -2.03. The lowest BCUT2D eigenvalue weighted by Crippen LogP contribution is -2.09. The van der Waals surface area contributed by atoms with Crippen molar-refractivity contribution in [2.45, 2.75) is 19.8 Å². The first kappa shape index (κ1) is 13.7. The van der Waals surface area contributed by atoms with Crippen molar-refractivity contribution in [3.8, 4) is 0 Å². The number of aromatic nitrogens is 2. The van der Waals surface area contributed by atoms with Gasteiger partial charge in [0, 0.05) is 17.8 Å². The van der Waals surface area contributed by atoms with Crippen LogP contribution in [0, 0.1) is 5.82 Å². The van der Waals surface area contributed by atoms with Crippen molar-refractivity contribution in [1.82, 2.24) is 9.78 Å². The van der Waals surface area contributed by atoms with Crippen LogP contribution in [0.5, 0.6) is 0 Å². The number of aryl methyl sites for hydroxylation is 2. The molecule has 2 aromatic rings. The van der Waals surface area contributed by atoms with E-state index in [1.165, 1.54) is 12.1 Å². The molecule has 0 bridgehead atoms. The molecular formula is C14H14ClFN2O. The topological polar surface area (TPSA) is 34.9 Å². The fraction of sp³-hybridized carbons (Fsp3) is 0.286. The van der Waals surface area contributed by atoms with Gasteiger partial charge in [0.05, 0.1) is 17.7 Å². The van der Waals surface area contributed by atoms with E-state index in [2.05, 4.69) is 5.10 Å². The van der Waals surface area contributed by atoms with Crippen LogP contribution in [0.3, 0.4) is 0 Å². The van der Waals surface area contributed by atoms with Crippen molar-refractivity contribution in [1.29, 1.82) is 0 Å². The van der Waals surface area contributed by atoms with Gasteiger partial charge in [-0.05, 0) is 30.7 Å². The third-order valence-electron chi connectivity index (χ3n) is 2.96. The minimum absolute atomic E-state index is 0.0589. The van der Waals surface area contributed by atoms with E-state index in [1.54, 1.807) is 11.7 Å². The number of benzene rings is 1.